The molecule has 1 aliphatic heterocycles. The van der Waals surface area contributed by atoms with E-state index < -0.39 is 0 Å². The molecular weight excluding hydrogens is 264 g/mol. The van der Waals surface area contributed by atoms with Gasteiger partial charge in [0.2, 0.25) is 5.28 Å². The van der Waals surface area contributed by atoms with E-state index in [1.54, 1.807) is 6.33 Å². The largest absolute Gasteiger partial charge is 0.352 e. The first-order chi connectivity index (χ1) is 9.19. The van der Waals surface area contributed by atoms with Crippen LogP contribution in [-0.2, 0) is 0 Å². The Labute approximate surface area is 116 Å². The molecule has 1 unspecified atom stereocenters. The fourth-order valence-electron chi connectivity index (χ4n) is 2.68. The molecule has 0 bridgehead atoms. The van der Waals surface area contributed by atoms with Crippen molar-refractivity contribution in [3.8, 4) is 0 Å². The average Bonchev–Trinajstić information content (AvgIpc) is 2.85. The van der Waals surface area contributed by atoms with Gasteiger partial charge in [-0.15, -0.1) is 0 Å². The van der Waals surface area contributed by atoms with Gasteiger partial charge in [-0.25, -0.2) is 4.98 Å². The number of anilines is 1. The standard InChI is InChI=1S/C12H17ClN6/c1-3-18-4-5-19(6-8(18)2)11-9-10(15-7-14-9)16-12(13)17-11/h7-8H,3-6H2,1-2H3,(H,14,15,16,17). The van der Waals surface area contributed by atoms with Gasteiger partial charge in [-0.3, -0.25) is 4.90 Å². The third kappa shape index (κ3) is 2.26. The van der Waals surface area contributed by atoms with Gasteiger partial charge in [0.25, 0.3) is 0 Å². The van der Waals surface area contributed by atoms with Gasteiger partial charge in [-0.2, -0.15) is 9.97 Å². The summed E-state index contributed by atoms with van der Waals surface area (Å²) in [5, 5.41) is 0.250. The van der Waals surface area contributed by atoms with Crippen molar-refractivity contribution in [1.82, 2.24) is 24.8 Å². The smallest absolute Gasteiger partial charge is 0.226 e. The molecule has 2 aromatic heterocycles. The van der Waals surface area contributed by atoms with Crippen molar-refractivity contribution in [3.05, 3.63) is 11.6 Å². The molecule has 3 heterocycles. The van der Waals surface area contributed by atoms with Gasteiger partial charge in [-0.05, 0) is 25.1 Å². The Balaban J connectivity index is 1.94. The molecule has 1 saturated heterocycles. The molecule has 19 heavy (non-hydrogen) atoms. The molecule has 0 saturated carbocycles. The molecule has 102 valence electrons. The van der Waals surface area contributed by atoms with Gasteiger partial charge in [0.1, 0.15) is 5.52 Å². The van der Waals surface area contributed by atoms with Crippen LogP contribution in [0.3, 0.4) is 0 Å². The third-order valence-electron chi connectivity index (χ3n) is 3.71. The van der Waals surface area contributed by atoms with Crippen molar-refractivity contribution in [2.45, 2.75) is 19.9 Å². The maximum Gasteiger partial charge on any atom is 0.226 e. The summed E-state index contributed by atoms with van der Waals surface area (Å²) in [6.07, 6.45) is 1.63. The highest BCUT2D eigenvalue weighted by molar-refractivity contribution is 6.28. The number of nitrogens with one attached hydrogen (secondary N) is 1. The van der Waals surface area contributed by atoms with E-state index in [0.717, 1.165) is 37.5 Å². The quantitative estimate of drug-likeness (QED) is 0.846. The maximum atomic E-state index is 5.98. The Morgan fingerprint density at radius 2 is 2.26 bits per heavy atom. The van der Waals surface area contributed by atoms with E-state index >= 15 is 0 Å². The summed E-state index contributed by atoms with van der Waals surface area (Å²) in [6.45, 7) is 8.44. The zero-order valence-corrected chi connectivity index (χ0v) is 11.9. The van der Waals surface area contributed by atoms with E-state index in [-0.39, 0.29) is 5.28 Å². The lowest BCUT2D eigenvalue weighted by Crippen LogP contribution is -2.52. The second kappa shape index (κ2) is 4.94. The SMILES string of the molecule is CCN1CCN(c2nc(Cl)nc3nc[nH]c23)CC1C. The van der Waals surface area contributed by atoms with Crippen LogP contribution in [0.1, 0.15) is 13.8 Å². The number of aromatic amines is 1. The lowest BCUT2D eigenvalue weighted by atomic mass is 10.2. The van der Waals surface area contributed by atoms with E-state index in [9.17, 15) is 0 Å². The van der Waals surface area contributed by atoms with Crippen LogP contribution in [0.25, 0.3) is 11.2 Å². The van der Waals surface area contributed by atoms with Crippen molar-refractivity contribution in [2.75, 3.05) is 31.1 Å². The van der Waals surface area contributed by atoms with Crippen molar-refractivity contribution < 1.29 is 0 Å². The molecule has 2 aromatic rings. The lowest BCUT2D eigenvalue weighted by Gasteiger charge is -2.39. The second-order valence-corrected chi connectivity index (χ2v) is 5.18. The predicted molar refractivity (Wildman–Crippen MR) is 75.6 cm³/mol. The Morgan fingerprint density at radius 3 is 3.00 bits per heavy atom. The zero-order valence-electron chi connectivity index (χ0n) is 11.1. The summed E-state index contributed by atoms with van der Waals surface area (Å²) in [6, 6.07) is 0.505. The van der Waals surface area contributed by atoms with Crippen LogP contribution in [0.4, 0.5) is 5.82 Å². The predicted octanol–water partition coefficient (Wildman–Crippen LogP) is 1.54. The van der Waals surface area contributed by atoms with Gasteiger partial charge in [-0.1, -0.05) is 6.92 Å². The Hall–Kier alpha value is -1.40. The van der Waals surface area contributed by atoms with Crippen LogP contribution in [0.15, 0.2) is 6.33 Å². The van der Waals surface area contributed by atoms with E-state index in [1.165, 1.54) is 0 Å². The topological polar surface area (TPSA) is 60.9 Å². The third-order valence-corrected chi connectivity index (χ3v) is 3.88. The number of nitrogens with zero attached hydrogens (tertiary/aromatic N) is 5. The van der Waals surface area contributed by atoms with Gasteiger partial charge in [0.05, 0.1) is 6.33 Å². The minimum Gasteiger partial charge on any atom is -0.352 e. The highest BCUT2D eigenvalue weighted by atomic mass is 35.5. The highest BCUT2D eigenvalue weighted by Gasteiger charge is 2.25. The first-order valence-corrected chi connectivity index (χ1v) is 6.92. The van der Waals surface area contributed by atoms with Crippen LogP contribution >= 0.6 is 11.6 Å². The normalized spacial score (nSPS) is 21.2. The molecular formula is C12H17ClN6. The van der Waals surface area contributed by atoms with Crippen LogP contribution in [0.5, 0.6) is 0 Å². The molecule has 7 heteroatoms. The fourth-order valence-corrected chi connectivity index (χ4v) is 2.84. The van der Waals surface area contributed by atoms with E-state index in [0.29, 0.717) is 11.7 Å². The lowest BCUT2D eigenvalue weighted by molar-refractivity contribution is 0.199. The summed E-state index contributed by atoms with van der Waals surface area (Å²) < 4.78 is 0. The van der Waals surface area contributed by atoms with Crippen molar-refractivity contribution in [1.29, 1.82) is 0 Å². The minimum atomic E-state index is 0.250. The molecule has 0 aromatic carbocycles. The maximum absolute atomic E-state index is 5.98. The number of halogens is 1. The molecule has 0 spiro atoms. The molecule has 1 N–H and O–H groups in total. The molecule has 3 rings (SSSR count). The number of H-pyrrole nitrogens is 1. The number of aromatic nitrogens is 4. The molecule has 0 aliphatic carbocycles. The summed E-state index contributed by atoms with van der Waals surface area (Å²) in [5.74, 6) is 0.857. The number of piperazine rings is 1. The highest BCUT2D eigenvalue weighted by Crippen LogP contribution is 2.24. The van der Waals surface area contributed by atoms with Crippen LogP contribution in [0.2, 0.25) is 5.28 Å². The second-order valence-electron chi connectivity index (χ2n) is 4.84. The average molecular weight is 281 g/mol. The Morgan fingerprint density at radius 1 is 1.42 bits per heavy atom. The Bertz CT molecular complexity index is 583. The summed E-state index contributed by atoms with van der Waals surface area (Å²) in [5.41, 5.74) is 1.49. The monoisotopic (exact) mass is 280 g/mol. The zero-order chi connectivity index (χ0) is 13.4. The number of likely N-dealkylation sites (N-methyl/N-ethyl adjacent to an activating group) is 1. The molecule has 0 amide bonds. The molecule has 1 aliphatic rings. The van der Waals surface area contributed by atoms with Crippen LogP contribution < -0.4 is 4.90 Å². The van der Waals surface area contributed by atoms with E-state index in [2.05, 4.69) is 43.6 Å². The number of hydrogen-bond acceptors (Lipinski definition) is 5. The summed E-state index contributed by atoms with van der Waals surface area (Å²) in [7, 11) is 0. The minimum absolute atomic E-state index is 0.250. The number of rotatable bonds is 2. The summed E-state index contributed by atoms with van der Waals surface area (Å²) in [4.78, 5) is 20.5. The number of imidazole rings is 1. The molecule has 0 radical (unpaired) electrons. The first kappa shape index (κ1) is 12.6. The van der Waals surface area contributed by atoms with Crippen molar-refractivity contribution in [2.24, 2.45) is 0 Å². The molecule has 1 fully saturated rings. The number of fused-ring (bicyclic) bond motifs is 1. The summed E-state index contributed by atoms with van der Waals surface area (Å²) >= 11 is 5.98. The van der Waals surface area contributed by atoms with Gasteiger partial charge in [0, 0.05) is 25.7 Å². The van der Waals surface area contributed by atoms with Crippen molar-refractivity contribution in [3.63, 3.8) is 0 Å². The van der Waals surface area contributed by atoms with E-state index in [4.69, 9.17) is 11.6 Å². The van der Waals surface area contributed by atoms with Gasteiger partial charge in [0.15, 0.2) is 11.5 Å². The van der Waals surface area contributed by atoms with Gasteiger partial charge >= 0.3 is 0 Å². The molecule has 1 atom stereocenters. The fraction of sp³-hybridized carbons (Fsp3) is 0.583. The molecule has 6 nitrogen and oxygen atoms in total. The number of hydrogen-bond donors (Lipinski definition) is 1. The first-order valence-electron chi connectivity index (χ1n) is 6.54. The van der Waals surface area contributed by atoms with Crippen molar-refractivity contribution >= 4 is 28.6 Å². The van der Waals surface area contributed by atoms with Gasteiger partial charge < -0.3 is 9.88 Å². The van der Waals surface area contributed by atoms with Crippen LogP contribution in [-0.4, -0.2) is 57.1 Å². The van der Waals surface area contributed by atoms with Crippen LogP contribution in [0, 0.1) is 0 Å². The Kier molecular flexibility index (Phi) is 3.28. The van der Waals surface area contributed by atoms with E-state index in [1.807, 2.05) is 0 Å².